The summed E-state index contributed by atoms with van der Waals surface area (Å²) in [5, 5.41) is 1.20. The van der Waals surface area contributed by atoms with Gasteiger partial charge in [-0.25, -0.2) is 0 Å². The molecule has 160 valence electrons. The van der Waals surface area contributed by atoms with E-state index in [1.54, 1.807) is 6.08 Å². The quantitative estimate of drug-likeness (QED) is 0.560. The normalized spacial score (nSPS) is 19.5. The third kappa shape index (κ3) is 4.65. The predicted octanol–water partition coefficient (Wildman–Crippen LogP) is 4.38. The average molecular weight is 434 g/mol. The van der Waals surface area contributed by atoms with Gasteiger partial charge in [0.15, 0.2) is 0 Å². The molecule has 1 aromatic heterocycles. The molecular formula is C25H27N3O2S. The molecule has 2 fully saturated rings. The minimum atomic E-state index is 0.0752. The van der Waals surface area contributed by atoms with Gasteiger partial charge >= 0.3 is 0 Å². The molecule has 6 heteroatoms. The van der Waals surface area contributed by atoms with E-state index in [0.717, 1.165) is 57.0 Å². The smallest absolute Gasteiger partial charge is 0.246 e. The Morgan fingerprint density at radius 3 is 2.68 bits per heavy atom. The van der Waals surface area contributed by atoms with Gasteiger partial charge in [0, 0.05) is 44.2 Å². The number of hydrogen-bond acceptors (Lipinski definition) is 5. The maximum atomic E-state index is 12.7. The van der Waals surface area contributed by atoms with Crippen LogP contribution >= 0.6 is 11.5 Å². The van der Waals surface area contributed by atoms with Crippen molar-refractivity contribution in [1.29, 1.82) is 0 Å². The number of anilines is 1. The van der Waals surface area contributed by atoms with Crippen molar-refractivity contribution >= 4 is 39.4 Å². The van der Waals surface area contributed by atoms with E-state index in [1.807, 2.05) is 17.0 Å². The Balaban J connectivity index is 1.15. The van der Waals surface area contributed by atoms with Crippen molar-refractivity contribution in [1.82, 2.24) is 9.27 Å². The maximum absolute atomic E-state index is 12.7. The van der Waals surface area contributed by atoms with E-state index in [0.29, 0.717) is 6.10 Å². The van der Waals surface area contributed by atoms with Crippen LogP contribution in [0.3, 0.4) is 0 Å². The highest BCUT2D eigenvalue weighted by molar-refractivity contribution is 7.13. The number of carbonyl (C=O) groups is 1. The summed E-state index contributed by atoms with van der Waals surface area (Å²) in [4.78, 5) is 16.9. The van der Waals surface area contributed by atoms with Crippen molar-refractivity contribution in [3.8, 4) is 0 Å². The van der Waals surface area contributed by atoms with Gasteiger partial charge < -0.3 is 14.5 Å². The number of ether oxygens (including phenoxy) is 1. The molecular weight excluding hydrogens is 406 g/mol. The van der Waals surface area contributed by atoms with Gasteiger partial charge in [0.1, 0.15) is 5.82 Å². The molecule has 2 aromatic carbocycles. The Hall–Kier alpha value is -2.70. The Bertz CT molecular complexity index is 1060. The highest BCUT2D eigenvalue weighted by atomic mass is 32.1. The van der Waals surface area contributed by atoms with E-state index in [-0.39, 0.29) is 5.91 Å². The lowest BCUT2D eigenvalue weighted by Gasteiger charge is -2.34. The lowest BCUT2D eigenvalue weighted by molar-refractivity contribution is -0.126. The number of hydrogen-bond donors (Lipinski definition) is 0. The highest BCUT2D eigenvalue weighted by Gasteiger charge is 2.22. The summed E-state index contributed by atoms with van der Waals surface area (Å²) in [7, 11) is 0. The molecule has 5 nitrogen and oxygen atoms in total. The first-order valence-corrected chi connectivity index (χ1v) is 11.8. The lowest BCUT2D eigenvalue weighted by Crippen LogP contribution is -2.48. The minimum absolute atomic E-state index is 0.0752. The van der Waals surface area contributed by atoms with Crippen molar-refractivity contribution in [3.05, 3.63) is 65.7 Å². The van der Waals surface area contributed by atoms with E-state index in [1.165, 1.54) is 33.6 Å². The molecule has 3 aromatic rings. The molecule has 1 unspecified atom stereocenters. The second-order valence-electron chi connectivity index (χ2n) is 8.23. The Morgan fingerprint density at radius 1 is 1.10 bits per heavy atom. The van der Waals surface area contributed by atoms with Crippen LogP contribution in [0, 0.1) is 0 Å². The fourth-order valence-corrected chi connectivity index (χ4v) is 5.14. The van der Waals surface area contributed by atoms with E-state index >= 15 is 0 Å². The summed E-state index contributed by atoms with van der Waals surface area (Å²) in [6.07, 6.45) is 7.27. The van der Waals surface area contributed by atoms with Gasteiger partial charge in [0.2, 0.25) is 5.91 Å². The summed E-state index contributed by atoms with van der Waals surface area (Å²) in [5.74, 6) is 1.12. The number of rotatable bonds is 5. The fourth-order valence-electron chi connectivity index (χ4n) is 4.35. The zero-order valence-corrected chi connectivity index (χ0v) is 18.4. The summed E-state index contributed by atoms with van der Waals surface area (Å²) < 4.78 is 11.6. The highest BCUT2D eigenvalue weighted by Crippen LogP contribution is 2.29. The second-order valence-corrected chi connectivity index (χ2v) is 9.03. The van der Waals surface area contributed by atoms with Gasteiger partial charge in [-0.2, -0.15) is 4.37 Å². The molecule has 0 bridgehead atoms. The third-order valence-electron chi connectivity index (χ3n) is 6.13. The van der Waals surface area contributed by atoms with Crippen LogP contribution in [-0.4, -0.2) is 54.1 Å². The minimum Gasteiger partial charge on any atom is -0.378 e. The molecule has 0 radical (unpaired) electrons. The van der Waals surface area contributed by atoms with Crippen molar-refractivity contribution in [2.75, 3.05) is 37.7 Å². The molecule has 0 saturated carbocycles. The number of amides is 1. The average Bonchev–Trinajstić information content (AvgIpc) is 3.48. The van der Waals surface area contributed by atoms with Crippen LogP contribution in [0.5, 0.6) is 0 Å². The van der Waals surface area contributed by atoms with E-state index in [4.69, 9.17) is 4.74 Å². The Labute approximate surface area is 187 Å². The largest absolute Gasteiger partial charge is 0.378 e. The molecule has 2 aliphatic heterocycles. The molecule has 0 N–H and O–H groups in total. The molecule has 2 saturated heterocycles. The van der Waals surface area contributed by atoms with Crippen LogP contribution in [-0.2, 0) is 16.0 Å². The molecule has 31 heavy (non-hydrogen) atoms. The molecule has 0 aliphatic carbocycles. The Kier molecular flexibility index (Phi) is 6.00. The van der Waals surface area contributed by atoms with Gasteiger partial charge in [-0.15, -0.1) is 0 Å². The summed E-state index contributed by atoms with van der Waals surface area (Å²) in [5.41, 5.74) is 2.35. The van der Waals surface area contributed by atoms with Gasteiger partial charge in [0.05, 0.1) is 10.8 Å². The van der Waals surface area contributed by atoms with Crippen LogP contribution in [0.25, 0.3) is 16.2 Å². The van der Waals surface area contributed by atoms with Crippen LogP contribution < -0.4 is 4.90 Å². The first kappa shape index (κ1) is 20.2. The standard InChI is InChI=1S/C25H27N3O2S/c29-24(12-11-19-7-9-20(10-8-19)18-21-4-3-17-30-21)27-13-15-28(16-14-27)25-22-5-1-2-6-23(22)31-26-25/h1-2,5-12,21H,3-4,13-18H2. The van der Waals surface area contributed by atoms with Gasteiger partial charge in [-0.3, -0.25) is 4.79 Å². The number of fused-ring (bicyclic) bond motifs is 1. The zero-order valence-electron chi connectivity index (χ0n) is 17.6. The summed E-state index contributed by atoms with van der Waals surface area (Å²) in [6.45, 7) is 3.95. The topological polar surface area (TPSA) is 45.7 Å². The number of carbonyl (C=O) groups excluding carboxylic acids is 1. The molecule has 2 aliphatic rings. The van der Waals surface area contributed by atoms with Crippen LogP contribution in [0.15, 0.2) is 54.6 Å². The van der Waals surface area contributed by atoms with Crippen molar-refractivity contribution in [2.24, 2.45) is 0 Å². The third-order valence-corrected chi connectivity index (χ3v) is 6.95. The number of piperazine rings is 1. The van der Waals surface area contributed by atoms with Crippen LogP contribution in [0.4, 0.5) is 5.82 Å². The number of aromatic nitrogens is 1. The second kappa shape index (κ2) is 9.20. The van der Waals surface area contributed by atoms with Crippen LogP contribution in [0.2, 0.25) is 0 Å². The fraction of sp³-hybridized carbons (Fsp3) is 0.360. The van der Waals surface area contributed by atoms with Gasteiger partial charge in [-0.05, 0) is 60.1 Å². The maximum Gasteiger partial charge on any atom is 0.246 e. The molecule has 5 rings (SSSR count). The first-order valence-electron chi connectivity index (χ1n) is 11.0. The molecule has 3 heterocycles. The van der Waals surface area contributed by atoms with E-state index in [9.17, 15) is 4.79 Å². The first-order chi connectivity index (χ1) is 15.3. The van der Waals surface area contributed by atoms with Gasteiger partial charge in [0.25, 0.3) is 0 Å². The molecule has 1 atom stereocenters. The lowest BCUT2D eigenvalue weighted by atomic mass is 10.0. The number of benzene rings is 2. The van der Waals surface area contributed by atoms with Gasteiger partial charge in [-0.1, -0.05) is 36.4 Å². The van der Waals surface area contributed by atoms with Crippen molar-refractivity contribution in [2.45, 2.75) is 25.4 Å². The number of nitrogens with zero attached hydrogens (tertiary/aromatic N) is 3. The SMILES string of the molecule is O=C(C=Cc1ccc(CC2CCCO2)cc1)N1CCN(c2nsc3ccccc23)CC1. The van der Waals surface area contributed by atoms with Crippen LogP contribution in [0.1, 0.15) is 24.0 Å². The van der Waals surface area contributed by atoms with Crippen molar-refractivity contribution in [3.63, 3.8) is 0 Å². The summed E-state index contributed by atoms with van der Waals surface area (Å²) in [6, 6.07) is 16.8. The monoisotopic (exact) mass is 433 g/mol. The van der Waals surface area contributed by atoms with E-state index < -0.39 is 0 Å². The molecule has 0 spiro atoms. The van der Waals surface area contributed by atoms with E-state index in [2.05, 4.69) is 51.7 Å². The zero-order chi connectivity index (χ0) is 21.0. The molecule has 1 amide bonds. The van der Waals surface area contributed by atoms with Crippen molar-refractivity contribution < 1.29 is 9.53 Å². The predicted molar refractivity (Wildman–Crippen MR) is 127 cm³/mol. The Morgan fingerprint density at radius 2 is 1.90 bits per heavy atom. The summed E-state index contributed by atoms with van der Waals surface area (Å²) >= 11 is 1.54.